The molecule has 2 aromatic rings. The van der Waals surface area contributed by atoms with Gasteiger partial charge in [-0.05, 0) is 18.4 Å². The molecule has 6 heteroatoms. The Bertz CT molecular complexity index is 723. The molecule has 1 aliphatic heterocycles. The number of aromatic nitrogens is 2. The number of carbonyl (C=O) groups excluding carboxylic acids is 1. The van der Waals surface area contributed by atoms with Crippen LogP contribution >= 0.6 is 11.5 Å². The summed E-state index contributed by atoms with van der Waals surface area (Å²) in [5.41, 5.74) is 1.20. The van der Waals surface area contributed by atoms with Gasteiger partial charge in [-0.1, -0.05) is 51.1 Å². The third kappa shape index (κ3) is 4.81. The predicted octanol–water partition coefficient (Wildman–Crippen LogP) is 3.51. The van der Waals surface area contributed by atoms with Gasteiger partial charge in [0, 0.05) is 49.5 Å². The molecular weight excluding hydrogens is 344 g/mol. The molecular formula is C20H28N4OS. The highest BCUT2D eigenvalue weighted by Crippen LogP contribution is 2.26. The summed E-state index contributed by atoms with van der Waals surface area (Å²) < 4.78 is 4.52. The predicted molar refractivity (Wildman–Crippen MR) is 107 cm³/mol. The van der Waals surface area contributed by atoms with Crippen molar-refractivity contribution < 1.29 is 4.79 Å². The van der Waals surface area contributed by atoms with Gasteiger partial charge in [-0.15, -0.1) is 0 Å². The van der Waals surface area contributed by atoms with Gasteiger partial charge < -0.3 is 9.80 Å². The molecule has 1 saturated heterocycles. The molecule has 0 radical (unpaired) electrons. The van der Waals surface area contributed by atoms with Crippen LogP contribution in [0.15, 0.2) is 30.3 Å². The molecule has 26 heavy (non-hydrogen) atoms. The zero-order valence-corrected chi connectivity index (χ0v) is 16.8. The monoisotopic (exact) mass is 372 g/mol. The molecule has 2 heterocycles. The summed E-state index contributed by atoms with van der Waals surface area (Å²) in [6.07, 6.45) is 2.36. The lowest BCUT2D eigenvalue weighted by Crippen LogP contribution is -2.35. The lowest BCUT2D eigenvalue weighted by molar-refractivity contribution is -0.130. The van der Waals surface area contributed by atoms with Crippen LogP contribution in [0.5, 0.6) is 0 Å². The fraction of sp³-hybridized carbons (Fsp3) is 0.550. The highest BCUT2D eigenvalue weighted by atomic mass is 32.1. The molecule has 0 spiro atoms. The quantitative estimate of drug-likeness (QED) is 0.824. The average molecular weight is 373 g/mol. The minimum Gasteiger partial charge on any atom is -0.345 e. The first-order chi connectivity index (χ1) is 12.4. The summed E-state index contributed by atoms with van der Waals surface area (Å²) in [6, 6.07) is 10.2. The summed E-state index contributed by atoms with van der Waals surface area (Å²) in [7, 11) is 0. The molecule has 0 saturated carbocycles. The molecule has 0 bridgehead atoms. The number of aryl methyl sites for hydroxylation is 1. The van der Waals surface area contributed by atoms with Crippen LogP contribution in [0, 0.1) is 0 Å². The second-order valence-electron chi connectivity index (χ2n) is 7.86. The SMILES string of the molecule is CC(C)(C)c1nsc(N2CCCN(C(=O)CCc3ccccc3)CC2)n1. The zero-order valence-electron chi connectivity index (χ0n) is 15.9. The van der Waals surface area contributed by atoms with Crippen molar-refractivity contribution in [1.29, 1.82) is 0 Å². The first kappa shape index (κ1) is 18.8. The lowest BCUT2D eigenvalue weighted by atomic mass is 9.96. The Hall–Kier alpha value is -1.95. The average Bonchev–Trinajstić information content (AvgIpc) is 3.00. The second-order valence-corrected chi connectivity index (χ2v) is 8.59. The Morgan fingerprint density at radius 2 is 1.88 bits per heavy atom. The minimum atomic E-state index is -0.0277. The van der Waals surface area contributed by atoms with Crippen LogP contribution in [-0.4, -0.2) is 46.3 Å². The van der Waals surface area contributed by atoms with Gasteiger partial charge in [0.25, 0.3) is 0 Å². The van der Waals surface area contributed by atoms with Crippen LogP contribution in [0.1, 0.15) is 45.0 Å². The van der Waals surface area contributed by atoms with E-state index >= 15 is 0 Å². The smallest absolute Gasteiger partial charge is 0.222 e. The standard InChI is InChI=1S/C20H28N4OS/c1-20(2,3)18-21-19(26-22-18)24-13-7-12-23(14-15-24)17(25)11-10-16-8-5-4-6-9-16/h4-6,8-9H,7,10-15H2,1-3H3. The van der Waals surface area contributed by atoms with E-state index in [1.807, 2.05) is 23.1 Å². The maximum absolute atomic E-state index is 12.6. The van der Waals surface area contributed by atoms with E-state index in [9.17, 15) is 4.79 Å². The number of amides is 1. The fourth-order valence-corrected chi connectivity index (χ4v) is 3.97. The third-order valence-corrected chi connectivity index (χ3v) is 5.45. The summed E-state index contributed by atoms with van der Waals surface area (Å²) in [4.78, 5) is 21.6. The molecule has 5 nitrogen and oxygen atoms in total. The van der Waals surface area contributed by atoms with Crippen molar-refractivity contribution in [1.82, 2.24) is 14.3 Å². The van der Waals surface area contributed by atoms with Crippen molar-refractivity contribution in [2.24, 2.45) is 0 Å². The van der Waals surface area contributed by atoms with E-state index in [2.05, 4.69) is 42.2 Å². The highest BCUT2D eigenvalue weighted by Gasteiger charge is 2.24. The summed E-state index contributed by atoms with van der Waals surface area (Å²) in [5, 5.41) is 0.980. The normalized spacial score (nSPS) is 15.8. The molecule has 1 aromatic heterocycles. The van der Waals surface area contributed by atoms with E-state index in [-0.39, 0.29) is 11.3 Å². The number of benzene rings is 1. The summed E-state index contributed by atoms with van der Waals surface area (Å²) in [6.45, 7) is 9.75. The van der Waals surface area contributed by atoms with Gasteiger partial charge in [0.05, 0.1) is 0 Å². The molecule has 140 valence electrons. The van der Waals surface area contributed by atoms with Gasteiger partial charge in [-0.2, -0.15) is 4.37 Å². The summed E-state index contributed by atoms with van der Waals surface area (Å²) in [5.74, 6) is 1.15. The molecule has 1 fully saturated rings. The number of hydrogen-bond acceptors (Lipinski definition) is 5. The molecule has 1 aromatic carbocycles. The number of rotatable bonds is 4. The number of anilines is 1. The molecule has 1 aliphatic rings. The highest BCUT2D eigenvalue weighted by molar-refractivity contribution is 7.09. The van der Waals surface area contributed by atoms with Gasteiger partial charge >= 0.3 is 0 Å². The Morgan fingerprint density at radius 3 is 2.58 bits per heavy atom. The van der Waals surface area contributed by atoms with Gasteiger partial charge in [0.15, 0.2) is 0 Å². The Labute approximate surface area is 160 Å². The number of hydrogen-bond donors (Lipinski definition) is 0. The van der Waals surface area contributed by atoms with Crippen LogP contribution in [0.3, 0.4) is 0 Å². The fourth-order valence-electron chi connectivity index (χ4n) is 3.06. The maximum atomic E-state index is 12.6. The maximum Gasteiger partial charge on any atom is 0.222 e. The van der Waals surface area contributed by atoms with Crippen LogP contribution in [0.25, 0.3) is 0 Å². The molecule has 0 N–H and O–H groups in total. The van der Waals surface area contributed by atoms with Gasteiger partial charge in [-0.25, -0.2) is 4.98 Å². The van der Waals surface area contributed by atoms with Crippen LogP contribution in [0.4, 0.5) is 5.13 Å². The molecule has 0 aliphatic carbocycles. The van der Waals surface area contributed by atoms with Crippen molar-refractivity contribution in [3.63, 3.8) is 0 Å². The topological polar surface area (TPSA) is 49.3 Å². The summed E-state index contributed by atoms with van der Waals surface area (Å²) >= 11 is 1.47. The first-order valence-electron chi connectivity index (χ1n) is 9.34. The molecule has 0 unspecified atom stereocenters. The van der Waals surface area contributed by atoms with Crippen molar-refractivity contribution in [2.45, 2.75) is 45.4 Å². The van der Waals surface area contributed by atoms with Gasteiger partial charge in [-0.3, -0.25) is 4.79 Å². The Kier molecular flexibility index (Phi) is 5.91. The number of carbonyl (C=O) groups is 1. The third-order valence-electron chi connectivity index (χ3n) is 4.68. The van der Waals surface area contributed by atoms with E-state index in [1.54, 1.807) is 0 Å². The largest absolute Gasteiger partial charge is 0.345 e. The first-order valence-corrected chi connectivity index (χ1v) is 10.1. The number of nitrogens with zero attached hydrogens (tertiary/aromatic N) is 4. The van der Waals surface area contributed by atoms with E-state index in [1.165, 1.54) is 17.1 Å². The van der Waals surface area contributed by atoms with E-state index < -0.39 is 0 Å². The zero-order chi connectivity index (χ0) is 18.6. The molecule has 3 rings (SSSR count). The van der Waals surface area contributed by atoms with Crippen LogP contribution in [-0.2, 0) is 16.6 Å². The van der Waals surface area contributed by atoms with Gasteiger partial charge in [0.1, 0.15) is 5.82 Å². The van der Waals surface area contributed by atoms with Crippen LogP contribution in [0.2, 0.25) is 0 Å². The minimum absolute atomic E-state index is 0.0277. The molecule has 0 atom stereocenters. The van der Waals surface area contributed by atoms with Crippen molar-refractivity contribution in [3.05, 3.63) is 41.7 Å². The van der Waals surface area contributed by atoms with Gasteiger partial charge in [0.2, 0.25) is 11.0 Å². The van der Waals surface area contributed by atoms with E-state index in [0.717, 1.165) is 50.0 Å². The molecule has 1 amide bonds. The van der Waals surface area contributed by atoms with Crippen molar-refractivity contribution >= 4 is 22.6 Å². The van der Waals surface area contributed by atoms with E-state index in [0.29, 0.717) is 6.42 Å². The lowest BCUT2D eigenvalue weighted by Gasteiger charge is -2.21. The van der Waals surface area contributed by atoms with Crippen molar-refractivity contribution in [2.75, 3.05) is 31.1 Å². The Morgan fingerprint density at radius 1 is 1.12 bits per heavy atom. The van der Waals surface area contributed by atoms with E-state index in [4.69, 9.17) is 4.98 Å². The van der Waals surface area contributed by atoms with Crippen LogP contribution < -0.4 is 4.90 Å². The van der Waals surface area contributed by atoms with Crippen molar-refractivity contribution in [3.8, 4) is 0 Å². The second kappa shape index (κ2) is 8.16. The Balaban J connectivity index is 1.54.